The van der Waals surface area contributed by atoms with Crippen molar-refractivity contribution in [3.05, 3.63) is 86.0 Å². The summed E-state index contributed by atoms with van der Waals surface area (Å²) < 4.78 is 0. The number of halogens is 2. The minimum atomic E-state index is 0.567. The maximum Gasteiger partial charge on any atom is 0.0530 e. The van der Waals surface area contributed by atoms with E-state index in [9.17, 15) is 0 Å². The third-order valence-electron chi connectivity index (χ3n) is 6.86. The van der Waals surface area contributed by atoms with E-state index in [1.807, 2.05) is 6.07 Å². The van der Waals surface area contributed by atoms with E-state index in [4.69, 9.17) is 23.2 Å². The zero-order valence-electron chi connectivity index (χ0n) is 18.8. The first-order valence-electron chi connectivity index (χ1n) is 11.4. The minimum Gasteiger partial charge on any atom is -0.358 e. The fourth-order valence-corrected chi connectivity index (χ4v) is 5.43. The fourth-order valence-electron chi connectivity index (χ4n) is 4.87. The van der Waals surface area contributed by atoms with Crippen molar-refractivity contribution in [1.29, 1.82) is 0 Å². The Morgan fingerprint density at radius 1 is 1.16 bits per heavy atom. The zero-order valence-corrected chi connectivity index (χ0v) is 20.3. The third kappa shape index (κ3) is 4.87. The van der Waals surface area contributed by atoms with Crippen molar-refractivity contribution < 1.29 is 0 Å². The molecule has 2 aromatic carbocycles. The van der Waals surface area contributed by atoms with Crippen LogP contribution < -0.4 is 5.32 Å². The average Bonchev–Trinajstić information content (AvgIpc) is 2.78. The number of aryl methyl sites for hydroxylation is 2. The van der Waals surface area contributed by atoms with Crippen LogP contribution in [0.5, 0.6) is 0 Å². The van der Waals surface area contributed by atoms with Crippen LogP contribution in [0.4, 0.5) is 0 Å². The molecule has 0 radical (unpaired) electrons. The van der Waals surface area contributed by atoms with Crippen LogP contribution in [0.2, 0.25) is 10.0 Å². The first-order chi connectivity index (χ1) is 15.0. The highest BCUT2D eigenvalue weighted by atomic mass is 35.5. The number of hydrogen-bond donors (Lipinski definition) is 1. The Kier molecular flexibility index (Phi) is 7.11. The molecule has 0 saturated heterocycles. The van der Waals surface area contributed by atoms with Gasteiger partial charge in [0, 0.05) is 41.1 Å². The number of rotatable bonds is 5. The molecule has 0 saturated carbocycles. The quantitative estimate of drug-likeness (QED) is 0.520. The van der Waals surface area contributed by atoms with Gasteiger partial charge in [0.15, 0.2) is 0 Å². The standard InChI is InChI=1S/C27H32Cl2N2/c1-4-19-7-6-8-24(27(19)29)25(5-2)30-26-17-31(14-13-18(26)3)23-12-10-20-9-11-22(28)15-21(20)16-23/h5-9,11,15,23,30H,4,10,12-14,16-17H2,1-3H3/b25-5-. The molecule has 31 heavy (non-hydrogen) atoms. The lowest BCUT2D eigenvalue weighted by Gasteiger charge is -2.39. The number of benzene rings is 2. The van der Waals surface area contributed by atoms with Crippen molar-refractivity contribution in [1.82, 2.24) is 10.2 Å². The van der Waals surface area contributed by atoms with Crippen LogP contribution in [0.15, 0.2) is 53.7 Å². The highest BCUT2D eigenvalue weighted by Gasteiger charge is 2.28. The minimum absolute atomic E-state index is 0.567. The molecule has 0 amide bonds. The smallest absolute Gasteiger partial charge is 0.0530 e. The second kappa shape index (κ2) is 9.81. The van der Waals surface area contributed by atoms with Gasteiger partial charge in [0.2, 0.25) is 0 Å². The van der Waals surface area contributed by atoms with Gasteiger partial charge < -0.3 is 5.32 Å². The molecule has 1 unspecified atom stereocenters. The summed E-state index contributed by atoms with van der Waals surface area (Å²) in [6.45, 7) is 8.56. The van der Waals surface area contributed by atoms with Gasteiger partial charge in [-0.1, -0.05) is 66.0 Å². The van der Waals surface area contributed by atoms with Crippen LogP contribution in [-0.4, -0.2) is 24.0 Å². The monoisotopic (exact) mass is 454 g/mol. The molecule has 0 fully saturated rings. The average molecular weight is 455 g/mol. The van der Waals surface area contributed by atoms with Gasteiger partial charge in [-0.15, -0.1) is 0 Å². The summed E-state index contributed by atoms with van der Waals surface area (Å²) >= 11 is 13.0. The molecule has 4 heteroatoms. The van der Waals surface area contributed by atoms with E-state index in [0.717, 1.165) is 60.1 Å². The highest BCUT2D eigenvalue weighted by molar-refractivity contribution is 6.33. The molecule has 0 aromatic heterocycles. The Morgan fingerprint density at radius 2 is 2.00 bits per heavy atom. The van der Waals surface area contributed by atoms with Gasteiger partial charge in [0.25, 0.3) is 0 Å². The van der Waals surface area contributed by atoms with Crippen molar-refractivity contribution in [2.24, 2.45) is 0 Å². The van der Waals surface area contributed by atoms with E-state index >= 15 is 0 Å². The number of fused-ring (bicyclic) bond motifs is 1. The van der Waals surface area contributed by atoms with Gasteiger partial charge in [-0.05, 0) is 74.8 Å². The van der Waals surface area contributed by atoms with Gasteiger partial charge in [-0.25, -0.2) is 0 Å². The second-order valence-electron chi connectivity index (χ2n) is 8.75. The topological polar surface area (TPSA) is 15.3 Å². The molecule has 2 nitrogen and oxygen atoms in total. The fraction of sp³-hybridized carbons (Fsp3) is 0.407. The zero-order chi connectivity index (χ0) is 22.0. The summed E-state index contributed by atoms with van der Waals surface area (Å²) in [5.74, 6) is 0. The Hall–Kier alpha value is -1.74. The van der Waals surface area contributed by atoms with Gasteiger partial charge in [0.1, 0.15) is 0 Å². The summed E-state index contributed by atoms with van der Waals surface area (Å²) in [6, 6.07) is 13.3. The molecule has 1 N–H and O–H groups in total. The lowest BCUT2D eigenvalue weighted by Crippen LogP contribution is -2.45. The van der Waals surface area contributed by atoms with Crippen molar-refractivity contribution in [3.63, 3.8) is 0 Å². The summed E-state index contributed by atoms with van der Waals surface area (Å²) in [5, 5.41) is 5.46. The Bertz CT molecular complexity index is 1020. The molecule has 1 aliphatic heterocycles. The Balaban J connectivity index is 1.51. The predicted molar refractivity (Wildman–Crippen MR) is 134 cm³/mol. The maximum absolute atomic E-state index is 6.73. The molecule has 4 rings (SSSR count). The van der Waals surface area contributed by atoms with E-state index in [0.29, 0.717) is 6.04 Å². The van der Waals surface area contributed by atoms with Crippen LogP contribution in [0, 0.1) is 0 Å². The molecule has 2 aliphatic rings. The summed E-state index contributed by atoms with van der Waals surface area (Å²) in [6.07, 6.45) is 7.61. The molecule has 2 aromatic rings. The van der Waals surface area contributed by atoms with Crippen LogP contribution in [-0.2, 0) is 19.3 Å². The number of nitrogens with zero attached hydrogens (tertiary/aromatic N) is 1. The number of allylic oxidation sites excluding steroid dienone is 1. The number of nitrogens with one attached hydrogen (secondary N) is 1. The van der Waals surface area contributed by atoms with Gasteiger partial charge in [0.05, 0.1) is 5.02 Å². The molecule has 0 spiro atoms. The van der Waals surface area contributed by atoms with Crippen molar-refractivity contribution >= 4 is 28.9 Å². The summed E-state index contributed by atoms with van der Waals surface area (Å²) in [7, 11) is 0. The summed E-state index contributed by atoms with van der Waals surface area (Å²) in [5.41, 5.74) is 9.01. The maximum atomic E-state index is 6.73. The van der Waals surface area contributed by atoms with Crippen LogP contribution in [0.25, 0.3) is 5.70 Å². The second-order valence-corrected chi connectivity index (χ2v) is 9.56. The van der Waals surface area contributed by atoms with Crippen molar-refractivity contribution in [2.75, 3.05) is 13.1 Å². The SMILES string of the molecule is C/C=C(\NC1=C(C)CCN(C2CCc3ccc(Cl)cc3C2)C1)c1cccc(CC)c1Cl. The van der Waals surface area contributed by atoms with Gasteiger partial charge in [-0.2, -0.15) is 0 Å². The lowest BCUT2D eigenvalue weighted by atomic mass is 9.86. The normalized spacial score (nSPS) is 20.0. The van der Waals surface area contributed by atoms with Crippen LogP contribution in [0.1, 0.15) is 55.9 Å². The van der Waals surface area contributed by atoms with E-state index in [-0.39, 0.29) is 0 Å². The predicted octanol–water partition coefficient (Wildman–Crippen LogP) is 7.04. The lowest BCUT2D eigenvalue weighted by molar-refractivity contribution is 0.185. The van der Waals surface area contributed by atoms with Crippen LogP contribution in [0.3, 0.4) is 0 Å². The van der Waals surface area contributed by atoms with Crippen LogP contribution >= 0.6 is 23.2 Å². The Labute approximate surface area is 196 Å². The number of hydrogen-bond acceptors (Lipinski definition) is 2. The molecule has 1 aliphatic carbocycles. The van der Waals surface area contributed by atoms with E-state index < -0.39 is 0 Å². The first-order valence-corrected chi connectivity index (χ1v) is 12.2. The van der Waals surface area contributed by atoms with Crippen molar-refractivity contribution in [3.8, 4) is 0 Å². The summed E-state index contributed by atoms with van der Waals surface area (Å²) in [4.78, 5) is 2.65. The van der Waals surface area contributed by atoms with Crippen molar-refractivity contribution in [2.45, 2.75) is 58.9 Å². The van der Waals surface area contributed by atoms with Gasteiger partial charge >= 0.3 is 0 Å². The molecule has 164 valence electrons. The largest absolute Gasteiger partial charge is 0.358 e. The van der Waals surface area contributed by atoms with E-state index in [1.165, 1.54) is 34.4 Å². The van der Waals surface area contributed by atoms with Gasteiger partial charge in [-0.3, -0.25) is 4.90 Å². The van der Waals surface area contributed by atoms with E-state index in [2.05, 4.69) is 67.4 Å². The third-order valence-corrected chi connectivity index (χ3v) is 7.54. The molecular weight excluding hydrogens is 423 g/mol. The molecular formula is C27H32Cl2N2. The molecule has 1 atom stereocenters. The highest BCUT2D eigenvalue weighted by Crippen LogP contribution is 2.31. The molecule has 0 bridgehead atoms. The van der Waals surface area contributed by atoms with E-state index in [1.54, 1.807) is 0 Å². The molecule has 1 heterocycles. The first kappa shape index (κ1) is 22.5. The Morgan fingerprint density at radius 3 is 2.77 bits per heavy atom.